The van der Waals surface area contributed by atoms with E-state index in [1.54, 1.807) is 0 Å². The molecule has 0 amide bonds. The van der Waals surface area contributed by atoms with Crippen molar-refractivity contribution in [3.8, 4) is 0 Å². The quantitative estimate of drug-likeness (QED) is 0.760. The van der Waals surface area contributed by atoms with Gasteiger partial charge in [0.15, 0.2) is 0 Å². The Balaban J connectivity index is 2.51. The van der Waals surface area contributed by atoms with Crippen molar-refractivity contribution in [3.63, 3.8) is 0 Å². The van der Waals surface area contributed by atoms with Gasteiger partial charge in [-0.05, 0) is 37.6 Å². The van der Waals surface area contributed by atoms with Crippen LogP contribution in [0, 0.1) is 13.8 Å². The first kappa shape index (κ1) is 10.1. The number of hydrogen-bond donors (Lipinski definition) is 1. The topological polar surface area (TPSA) is 12.0 Å². The van der Waals surface area contributed by atoms with Gasteiger partial charge in [-0.1, -0.05) is 17.7 Å². The molecule has 1 aromatic carbocycles. The molecule has 1 atom stereocenters. The maximum absolute atomic E-state index is 3.40. The van der Waals surface area contributed by atoms with Gasteiger partial charge in [-0.3, -0.25) is 0 Å². The van der Waals surface area contributed by atoms with E-state index in [1.165, 1.54) is 33.8 Å². The fraction of sp³-hybridized carbons (Fsp3) is 0.500. The molecule has 0 saturated heterocycles. The van der Waals surface area contributed by atoms with E-state index in [0.29, 0.717) is 6.04 Å². The summed E-state index contributed by atoms with van der Waals surface area (Å²) >= 11 is 2.03. The van der Waals surface area contributed by atoms with Crippen molar-refractivity contribution in [2.75, 3.05) is 12.8 Å². The molecule has 0 saturated carbocycles. The minimum absolute atomic E-state index is 0.546. The van der Waals surface area contributed by atoms with Gasteiger partial charge in [0.2, 0.25) is 0 Å². The van der Waals surface area contributed by atoms with Gasteiger partial charge in [0, 0.05) is 17.5 Å². The van der Waals surface area contributed by atoms with Crippen molar-refractivity contribution >= 4 is 11.8 Å². The summed E-state index contributed by atoms with van der Waals surface area (Å²) < 4.78 is 0. The molecule has 1 N–H and O–H groups in total. The smallest absolute Gasteiger partial charge is 0.0415 e. The molecule has 0 aliphatic carbocycles. The molecule has 1 aliphatic rings. The average Bonchev–Trinajstić information content (AvgIpc) is 2.16. The van der Waals surface area contributed by atoms with E-state index in [2.05, 4.69) is 38.3 Å². The fourth-order valence-corrected chi connectivity index (χ4v) is 3.43. The van der Waals surface area contributed by atoms with Crippen LogP contribution in [0.25, 0.3) is 0 Å². The number of hydrogen-bond acceptors (Lipinski definition) is 2. The maximum Gasteiger partial charge on any atom is 0.0415 e. The third-order valence-electron chi connectivity index (χ3n) is 2.86. The third-order valence-corrected chi connectivity index (χ3v) is 3.94. The highest BCUT2D eigenvalue weighted by atomic mass is 32.2. The Bertz CT molecular complexity index is 346. The van der Waals surface area contributed by atoms with Crippen LogP contribution >= 0.6 is 11.8 Å². The number of aryl methyl sites for hydroxylation is 2. The predicted octanol–water partition coefficient (Wildman–Crippen LogP) is 2.81. The Kier molecular flexibility index (Phi) is 2.84. The molecule has 1 aliphatic heterocycles. The lowest BCUT2D eigenvalue weighted by atomic mass is 9.94. The Labute approximate surface area is 90.3 Å². The average molecular weight is 207 g/mol. The van der Waals surface area contributed by atoms with Crippen LogP contribution in [0.1, 0.15) is 28.3 Å². The van der Waals surface area contributed by atoms with Gasteiger partial charge in [-0.15, -0.1) is 0 Å². The summed E-state index contributed by atoms with van der Waals surface area (Å²) in [6.45, 7) is 4.41. The summed E-state index contributed by atoms with van der Waals surface area (Å²) in [7, 11) is 2.06. The van der Waals surface area contributed by atoms with E-state index < -0.39 is 0 Å². The minimum Gasteiger partial charge on any atom is -0.312 e. The summed E-state index contributed by atoms with van der Waals surface area (Å²) in [4.78, 5) is 0. The predicted molar refractivity (Wildman–Crippen MR) is 63.9 cm³/mol. The highest BCUT2D eigenvalue weighted by Gasteiger charge is 2.20. The standard InChI is InChI=1S/C12H17NS/c1-8-4-9(2)12-10(5-8)6-14-7-11(12)13-3/h4-5,11,13H,6-7H2,1-3H3. The second kappa shape index (κ2) is 3.95. The lowest BCUT2D eigenvalue weighted by Gasteiger charge is -2.27. The van der Waals surface area contributed by atoms with Crippen LogP contribution in [0.15, 0.2) is 12.1 Å². The van der Waals surface area contributed by atoms with E-state index in [-0.39, 0.29) is 0 Å². The number of fused-ring (bicyclic) bond motifs is 1. The molecule has 0 radical (unpaired) electrons. The first-order chi connectivity index (χ1) is 6.72. The van der Waals surface area contributed by atoms with Crippen molar-refractivity contribution in [1.82, 2.24) is 5.32 Å². The second-order valence-corrected chi connectivity index (χ2v) is 5.04. The van der Waals surface area contributed by atoms with Gasteiger partial charge < -0.3 is 5.32 Å². The molecule has 2 heteroatoms. The molecular formula is C12H17NS. The van der Waals surface area contributed by atoms with Crippen molar-refractivity contribution in [3.05, 3.63) is 34.4 Å². The SMILES string of the molecule is CNC1CSCc2cc(C)cc(C)c21. The van der Waals surface area contributed by atoms with Gasteiger partial charge in [0.25, 0.3) is 0 Å². The summed E-state index contributed by atoms with van der Waals surface area (Å²) in [5, 5.41) is 3.40. The first-order valence-electron chi connectivity index (χ1n) is 5.07. The van der Waals surface area contributed by atoms with Crippen LogP contribution in [0.5, 0.6) is 0 Å². The zero-order chi connectivity index (χ0) is 10.1. The number of rotatable bonds is 1. The van der Waals surface area contributed by atoms with Crippen LogP contribution in [-0.2, 0) is 5.75 Å². The Morgan fingerprint density at radius 3 is 2.86 bits per heavy atom. The van der Waals surface area contributed by atoms with E-state index in [0.717, 1.165) is 0 Å². The molecular weight excluding hydrogens is 190 g/mol. The van der Waals surface area contributed by atoms with Crippen molar-refractivity contribution in [2.45, 2.75) is 25.6 Å². The molecule has 76 valence electrons. The highest BCUT2D eigenvalue weighted by Crippen LogP contribution is 2.34. The minimum atomic E-state index is 0.546. The number of thioether (sulfide) groups is 1. The summed E-state index contributed by atoms with van der Waals surface area (Å²) in [6, 6.07) is 5.17. The third kappa shape index (κ3) is 1.69. The van der Waals surface area contributed by atoms with Crippen LogP contribution in [0.2, 0.25) is 0 Å². The lowest BCUT2D eigenvalue weighted by molar-refractivity contribution is 0.647. The van der Waals surface area contributed by atoms with Crippen molar-refractivity contribution < 1.29 is 0 Å². The van der Waals surface area contributed by atoms with Gasteiger partial charge in [0.1, 0.15) is 0 Å². The van der Waals surface area contributed by atoms with E-state index in [4.69, 9.17) is 0 Å². The van der Waals surface area contributed by atoms with E-state index in [9.17, 15) is 0 Å². The van der Waals surface area contributed by atoms with Gasteiger partial charge in [-0.2, -0.15) is 11.8 Å². The van der Waals surface area contributed by atoms with Crippen LogP contribution < -0.4 is 5.32 Å². The van der Waals surface area contributed by atoms with Crippen LogP contribution in [0.4, 0.5) is 0 Å². The molecule has 0 fully saturated rings. The first-order valence-corrected chi connectivity index (χ1v) is 6.23. The summed E-state index contributed by atoms with van der Waals surface area (Å²) in [5.74, 6) is 2.38. The molecule has 0 bridgehead atoms. The zero-order valence-corrected chi connectivity index (χ0v) is 9.87. The summed E-state index contributed by atoms with van der Waals surface area (Å²) in [6.07, 6.45) is 0. The molecule has 0 spiro atoms. The highest BCUT2D eigenvalue weighted by molar-refractivity contribution is 7.98. The second-order valence-electron chi connectivity index (χ2n) is 4.01. The van der Waals surface area contributed by atoms with E-state index in [1.807, 2.05) is 11.8 Å². The number of nitrogens with one attached hydrogen (secondary N) is 1. The Morgan fingerprint density at radius 1 is 1.36 bits per heavy atom. The zero-order valence-electron chi connectivity index (χ0n) is 9.05. The van der Waals surface area contributed by atoms with Gasteiger partial charge >= 0.3 is 0 Å². The Morgan fingerprint density at radius 2 is 2.14 bits per heavy atom. The van der Waals surface area contributed by atoms with Crippen molar-refractivity contribution in [2.24, 2.45) is 0 Å². The van der Waals surface area contributed by atoms with Crippen molar-refractivity contribution in [1.29, 1.82) is 0 Å². The number of benzene rings is 1. The molecule has 1 aromatic rings. The maximum atomic E-state index is 3.40. The fourth-order valence-electron chi connectivity index (χ4n) is 2.28. The summed E-state index contributed by atoms with van der Waals surface area (Å²) in [5.41, 5.74) is 5.90. The van der Waals surface area contributed by atoms with Crippen LogP contribution in [0.3, 0.4) is 0 Å². The molecule has 2 rings (SSSR count). The molecule has 1 heterocycles. The monoisotopic (exact) mass is 207 g/mol. The Hall–Kier alpha value is -0.470. The normalized spacial score (nSPS) is 20.6. The lowest BCUT2D eigenvalue weighted by Crippen LogP contribution is -2.24. The largest absolute Gasteiger partial charge is 0.312 e. The van der Waals surface area contributed by atoms with Gasteiger partial charge in [0.05, 0.1) is 0 Å². The van der Waals surface area contributed by atoms with E-state index >= 15 is 0 Å². The molecule has 0 aromatic heterocycles. The molecule has 14 heavy (non-hydrogen) atoms. The molecule has 1 unspecified atom stereocenters. The van der Waals surface area contributed by atoms with Gasteiger partial charge in [-0.25, -0.2) is 0 Å². The molecule has 1 nitrogen and oxygen atoms in total. The van der Waals surface area contributed by atoms with Crippen LogP contribution in [-0.4, -0.2) is 12.8 Å².